The molecule has 132 valence electrons. The number of unbranched alkanes of at least 4 members (excludes halogenated alkanes) is 1. The van der Waals surface area contributed by atoms with Crippen LogP contribution in [-0.2, 0) is 11.2 Å². The molecule has 0 bridgehead atoms. The Hall–Kier alpha value is -2.60. The second-order valence-corrected chi connectivity index (χ2v) is 6.03. The third-order valence-electron chi connectivity index (χ3n) is 3.65. The number of nitrogens with one attached hydrogen (secondary N) is 2. The summed E-state index contributed by atoms with van der Waals surface area (Å²) in [6.07, 6.45) is 3.32. The van der Waals surface area contributed by atoms with Crippen molar-refractivity contribution < 1.29 is 9.72 Å². The zero-order valence-electron chi connectivity index (χ0n) is 13.9. The lowest BCUT2D eigenvalue weighted by molar-refractivity contribution is -0.384. The number of hydrogen-bond donors (Lipinski definition) is 2. The maximum Gasteiger partial charge on any atom is 0.289 e. The number of halogens is 1. The molecule has 0 radical (unpaired) electrons. The van der Waals surface area contributed by atoms with Gasteiger partial charge in [-0.25, -0.2) is 0 Å². The Labute approximate surface area is 151 Å². The van der Waals surface area contributed by atoms with Crippen molar-refractivity contribution in [3.05, 3.63) is 63.2 Å². The molecule has 0 spiro atoms. The van der Waals surface area contributed by atoms with Crippen LogP contribution in [-0.4, -0.2) is 17.4 Å². The molecule has 0 aromatic heterocycles. The highest BCUT2D eigenvalue weighted by molar-refractivity contribution is 6.32. The van der Waals surface area contributed by atoms with Crippen LogP contribution in [0.5, 0.6) is 0 Å². The normalized spacial score (nSPS) is 10.3. The third-order valence-corrected chi connectivity index (χ3v) is 3.97. The summed E-state index contributed by atoms with van der Waals surface area (Å²) < 4.78 is 0. The summed E-state index contributed by atoms with van der Waals surface area (Å²) in [5, 5.41) is 16.6. The average molecular weight is 362 g/mol. The summed E-state index contributed by atoms with van der Waals surface area (Å²) >= 11 is 5.76. The van der Waals surface area contributed by atoms with Crippen molar-refractivity contribution in [1.29, 1.82) is 0 Å². The minimum absolute atomic E-state index is 0.00360. The van der Waals surface area contributed by atoms with Crippen molar-refractivity contribution in [2.45, 2.75) is 26.2 Å². The molecule has 1 amide bonds. The van der Waals surface area contributed by atoms with E-state index in [2.05, 4.69) is 17.6 Å². The number of nitro groups is 1. The fourth-order valence-electron chi connectivity index (χ4n) is 2.29. The Balaban J connectivity index is 1.88. The van der Waals surface area contributed by atoms with Gasteiger partial charge in [0.25, 0.3) is 5.69 Å². The van der Waals surface area contributed by atoms with E-state index >= 15 is 0 Å². The van der Waals surface area contributed by atoms with Gasteiger partial charge in [0.1, 0.15) is 5.02 Å². The van der Waals surface area contributed by atoms with Crippen molar-refractivity contribution >= 4 is 34.6 Å². The van der Waals surface area contributed by atoms with Gasteiger partial charge in [-0.2, -0.15) is 0 Å². The lowest BCUT2D eigenvalue weighted by atomic mass is 10.1. The van der Waals surface area contributed by atoms with E-state index in [9.17, 15) is 14.9 Å². The molecule has 6 nitrogen and oxygen atoms in total. The first kappa shape index (κ1) is 18.7. The van der Waals surface area contributed by atoms with Gasteiger partial charge in [0, 0.05) is 17.4 Å². The molecule has 0 saturated carbocycles. The highest BCUT2D eigenvalue weighted by atomic mass is 35.5. The number of anilines is 2. The van der Waals surface area contributed by atoms with Gasteiger partial charge in [0.15, 0.2) is 0 Å². The Morgan fingerprint density at radius 3 is 2.48 bits per heavy atom. The molecule has 0 aliphatic carbocycles. The van der Waals surface area contributed by atoms with Gasteiger partial charge >= 0.3 is 0 Å². The van der Waals surface area contributed by atoms with Crippen LogP contribution in [0.4, 0.5) is 17.1 Å². The first-order chi connectivity index (χ1) is 12.0. The summed E-state index contributed by atoms with van der Waals surface area (Å²) in [5.74, 6) is -0.237. The molecule has 25 heavy (non-hydrogen) atoms. The Morgan fingerprint density at radius 2 is 1.84 bits per heavy atom. The quantitative estimate of drug-likeness (QED) is 0.529. The van der Waals surface area contributed by atoms with Crippen molar-refractivity contribution in [3.8, 4) is 0 Å². The van der Waals surface area contributed by atoms with E-state index in [1.165, 1.54) is 17.7 Å². The fourth-order valence-corrected chi connectivity index (χ4v) is 2.47. The number of benzene rings is 2. The lowest BCUT2D eigenvalue weighted by Gasteiger charge is -2.09. The lowest BCUT2D eigenvalue weighted by Crippen LogP contribution is -2.21. The van der Waals surface area contributed by atoms with Gasteiger partial charge in [-0.1, -0.05) is 37.1 Å². The number of carbonyl (C=O) groups excluding carboxylic acids is 1. The third kappa shape index (κ3) is 5.76. The molecule has 2 N–H and O–H groups in total. The van der Waals surface area contributed by atoms with Crippen molar-refractivity contribution in [2.24, 2.45) is 0 Å². The molecule has 0 aliphatic heterocycles. The molecule has 0 aliphatic rings. The van der Waals surface area contributed by atoms with Crippen LogP contribution in [0.25, 0.3) is 0 Å². The van der Waals surface area contributed by atoms with E-state index in [-0.39, 0.29) is 23.2 Å². The summed E-state index contributed by atoms with van der Waals surface area (Å²) in [4.78, 5) is 22.3. The first-order valence-corrected chi connectivity index (χ1v) is 8.44. The number of carbonyl (C=O) groups is 1. The van der Waals surface area contributed by atoms with Crippen LogP contribution < -0.4 is 10.6 Å². The number of aryl methyl sites for hydroxylation is 1. The molecule has 2 aromatic carbocycles. The Kier molecular flexibility index (Phi) is 6.77. The Bertz CT molecular complexity index is 748. The monoisotopic (exact) mass is 361 g/mol. The highest BCUT2D eigenvalue weighted by Gasteiger charge is 2.13. The zero-order chi connectivity index (χ0) is 18.2. The maximum absolute atomic E-state index is 12.0. The number of nitro benzene ring substituents is 1. The maximum atomic E-state index is 12.0. The van der Waals surface area contributed by atoms with Gasteiger partial charge in [-0.05, 0) is 42.7 Å². The minimum Gasteiger partial charge on any atom is -0.376 e. The standard InChI is InChI=1S/C18H20ClN3O3/c1-2-3-4-13-5-7-14(8-6-13)21-18(23)12-20-15-9-10-16(19)17(11-15)22(24)25/h5-11,20H,2-4,12H2,1H3,(H,21,23). The average Bonchev–Trinajstić information content (AvgIpc) is 2.60. The predicted octanol–water partition coefficient (Wildman–Crippen LogP) is 4.64. The van der Waals surface area contributed by atoms with Gasteiger partial charge in [-0.3, -0.25) is 14.9 Å². The molecule has 0 fully saturated rings. The van der Waals surface area contributed by atoms with E-state index in [1.807, 2.05) is 24.3 Å². The SMILES string of the molecule is CCCCc1ccc(NC(=O)CNc2ccc(Cl)c([N+](=O)[O-])c2)cc1. The molecule has 0 unspecified atom stereocenters. The Morgan fingerprint density at radius 1 is 1.16 bits per heavy atom. The van der Waals surface area contributed by atoms with Gasteiger partial charge in [-0.15, -0.1) is 0 Å². The zero-order valence-corrected chi connectivity index (χ0v) is 14.7. The largest absolute Gasteiger partial charge is 0.376 e. The van der Waals surface area contributed by atoms with Gasteiger partial charge < -0.3 is 10.6 Å². The molecule has 0 saturated heterocycles. The molecule has 0 atom stereocenters. The number of amides is 1. The second-order valence-electron chi connectivity index (χ2n) is 5.63. The molecular formula is C18H20ClN3O3. The molecule has 0 heterocycles. The molecular weight excluding hydrogens is 342 g/mol. The van der Waals surface area contributed by atoms with Crippen LogP contribution >= 0.6 is 11.6 Å². The highest BCUT2D eigenvalue weighted by Crippen LogP contribution is 2.27. The van der Waals surface area contributed by atoms with Crippen LogP contribution in [0.15, 0.2) is 42.5 Å². The van der Waals surface area contributed by atoms with Crippen molar-refractivity contribution in [3.63, 3.8) is 0 Å². The van der Waals surface area contributed by atoms with Gasteiger partial charge in [0.2, 0.25) is 5.91 Å². The first-order valence-electron chi connectivity index (χ1n) is 8.06. The number of rotatable bonds is 8. The summed E-state index contributed by atoms with van der Waals surface area (Å²) in [5.41, 5.74) is 2.22. The molecule has 2 aromatic rings. The van der Waals surface area contributed by atoms with E-state index in [0.29, 0.717) is 11.4 Å². The summed E-state index contributed by atoms with van der Waals surface area (Å²) in [6.45, 7) is 2.15. The van der Waals surface area contributed by atoms with Gasteiger partial charge in [0.05, 0.1) is 11.5 Å². The number of hydrogen-bond acceptors (Lipinski definition) is 4. The van der Waals surface area contributed by atoms with Crippen molar-refractivity contribution in [1.82, 2.24) is 0 Å². The molecule has 2 rings (SSSR count). The number of nitrogens with zero attached hydrogens (tertiary/aromatic N) is 1. The predicted molar refractivity (Wildman–Crippen MR) is 100 cm³/mol. The minimum atomic E-state index is -0.562. The second kappa shape index (κ2) is 9.03. The van der Waals surface area contributed by atoms with E-state index in [1.54, 1.807) is 6.07 Å². The van der Waals surface area contributed by atoms with Crippen LogP contribution in [0.1, 0.15) is 25.3 Å². The van der Waals surface area contributed by atoms with Crippen LogP contribution in [0.2, 0.25) is 5.02 Å². The fraction of sp³-hybridized carbons (Fsp3) is 0.278. The topological polar surface area (TPSA) is 84.3 Å². The van der Waals surface area contributed by atoms with Crippen LogP contribution in [0, 0.1) is 10.1 Å². The van der Waals surface area contributed by atoms with E-state index < -0.39 is 4.92 Å². The summed E-state index contributed by atoms with van der Waals surface area (Å²) in [7, 11) is 0. The van der Waals surface area contributed by atoms with Crippen LogP contribution in [0.3, 0.4) is 0 Å². The smallest absolute Gasteiger partial charge is 0.289 e. The summed E-state index contributed by atoms with van der Waals surface area (Å²) in [6, 6.07) is 12.1. The van der Waals surface area contributed by atoms with E-state index in [0.717, 1.165) is 19.3 Å². The van der Waals surface area contributed by atoms with Crippen molar-refractivity contribution in [2.75, 3.05) is 17.2 Å². The van der Waals surface area contributed by atoms with E-state index in [4.69, 9.17) is 11.6 Å². The molecule has 7 heteroatoms.